The van der Waals surface area contributed by atoms with Crippen LogP contribution < -0.4 is 9.62 Å². The van der Waals surface area contributed by atoms with Crippen LogP contribution in [0.25, 0.3) is 0 Å². The zero-order valence-corrected chi connectivity index (χ0v) is 19.9. The van der Waals surface area contributed by atoms with Crippen molar-refractivity contribution in [1.82, 2.24) is 5.32 Å². The number of nitrogens with one attached hydrogen (secondary N) is 1. The van der Waals surface area contributed by atoms with E-state index < -0.39 is 10.0 Å². The third-order valence-electron chi connectivity index (χ3n) is 5.66. The summed E-state index contributed by atoms with van der Waals surface area (Å²) in [6.07, 6.45) is 7.03. The number of hydrogen-bond acceptors (Lipinski definition) is 4. The maximum absolute atomic E-state index is 13.4. The van der Waals surface area contributed by atoms with Gasteiger partial charge in [0.1, 0.15) is 6.54 Å². The van der Waals surface area contributed by atoms with Gasteiger partial charge in [0.15, 0.2) is 0 Å². The lowest BCUT2D eigenvalue weighted by Gasteiger charge is -2.25. The van der Waals surface area contributed by atoms with E-state index in [-0.39, 0.29) is 17.3 Å². The molecule has 1 amide bonds. The number of amides is 1. The predicted octanol–water partition coefficient (Wildman–Crippen LogP) is 4.35. The molecule has 0 atom stereocenters. The fourth-order valence-electron chi connectivity index (χ4n) is 4.10. The van der Waals surface area contributed by atoms with Gasteiger partial charge in [0.25, 0.3) is 10.0 Å². The highest BCUT2D eigenvalue weighted by Crippen LogP contribution is 2.25. The largest absolute Gasteiger partial charge is 0.378 e. The molecular formula is C25H34N2O4S. The fraction of sp³-hybridized carbons (Fsp3) is 0.480. The van der Waals surface area contributed by atoms with Crippen LogP contribution in [-0.2, 0) is 19.6 Å². The number of benzene rings is 2. The molecule has 0 aromatic heterocycles. The summed E-state index contributed by atoms with van der Waals surface area (Å²) in [5.74, 6) is -0.332. The van der Waals surface area contributed by atoms with Gasteiger partial charge in [-0.3, -0.25) is 9.10 Å². The van der Waals surface area contributed by atoms with Crippen LogP contribution in [0, 0.1) is 13.8 Å². The molecular weight excluding hydrogens is 424 g/mol. The van der Waals surface area contributed by atoms with Crippen LogP contribution in [0.5, 0.6) is 0 Å². The molecule has 0 bridgehead atoms. The van der Waals surface area contributed by atoms with Crippen LogP contribution in [0.4, 0.5) is 5.69 Å². The van der Waals surface area contributed by atoms with Crippen LogP contribution in [0.15, 0.2) is 53.4 Å². The Balaban J connectivity index is 1.64. The van der Waals surface area contributed by atoms with Crippen molar-refractivity contribution in [1.29, 1.82) is 0 Å². The van der Waals surface area contributed by atoms with Crippen LogP contribution in [0.2, 0.25) is 0 Å². The van der Waals surface area contributed by atoms with Crippen molar-refractivity contribution in [2.45, 2.75) is 63.4 Å². The van der Waals surface area contributed by atoms with E-state index >= 15 is 0 Å². The highest BCUT2D eigenvalue weighted by atomic mass is 32.2. The van der Waals surface area contributed by atoms with Crippen molar-refractivity contribution in [3.05, 3.63) is 59.7 Å². The van der Waals surface area contributed by atoms with Crippen LogP contribution >= 0.6 is 0 Å². The Kier molecular flexibility index (Phi) is 8.70. The van der Waals surface area contributed by atoms with Gasteiger partial charge in [-0.15, -0.1) is 0 Å². The Bertz CT molecular complexity index is 966. The van der Waals surface area contributed by atoms with Gasteiger partial charge in [-0.05, 0) is 68.5 Å². The van der Waals surface area contributed by atoms with E-state index in [0.29, 0.717) is 31.4 Å². The van der Waals surface area contributed by atoms with Crippen LogP contribution in [0.3, 0.4) is 0 Å². The molecule has 0 radical (unpaired) electrons. The average molecular weight is 459 g/mol. The third-order valence-corrected chi connectivity index (χ3v) is 7.45. The molecule has 1 aliphatic rings. The molecule has 174 valence electrons. The van der Waals surface area contributed by atoms with E-state index in [9.17, 15) is 13.2 Å². The first kappa shape index (κ1) is 24.3. The van der Waals surface area contributed by atoms with E-state index in [1.807, 2.05) is 19.9 Å². The Morgan fingerprint density at radius 1 is 1.03 bits per heavy atom. The van der Waals surface area contributed by atoms with Gasteiger partial charge in [0, 0.05) is 13.2 Å². The zero-order valence-electron chi connectivity index (χ0n) is 19.0. The van der Waals surface area contributed by atoms with E-state index in [4.69, 9.17) is 4.74 Å². The second-order valence-corrected chi connectivity index (χ2v) is 10.4. The predicted molar refractivity (Wildman–Crippen MR) is 127 cm³/mol. The molecule has 1 saturated carbocycles. The van der Waals surface area contributed by atoms with Gasteiger partial charge in [-0.25, -0.2) is 8.42 Å². The number of rotatable bonds is 10. The number of carbonyl (C=O) groups is 1. The highest BCUT2D eigenvalue weighted by Gasteiger charge is 2.27. The smallest absolute Gasteiger partial charge is 0.264 e. The quantitative estimate of drug-likeness (QED) is 0.537. The maximum Gasteiger partial charge on any atom is 0.264 e. The lowest BCUT2D eigenvalue weighted by Crippen LogP contribution is -2.41. The number of carbonyl (C=O) groups excluding carboxylic acids is 1. The van der Waals surface area contributed by atoms with E-state index in [1.165, 1.54) is 23.6 Å². The Morgan fingerprint density at radius 3 is 2.34 bits per heavy atom. The summed E-state index contributed by atoms with van der Waals surface area (Å²) in [7, 11) is -3.88. The maximum atomic E-state index is 13.4. The summed E-state index contributed by atoms with van der Waals surface area (Å²) < 4.78 is 33.8. The second-order valence-electron chi connectivity index (χ2n) is 8.50. The van der Waals surface area contributed by atoms with Gasteiger partial charge in [-0.2, -0.15) is 0 Å². The molecule has 0 unspecified atom stereocenters. The normalized spacial score (nSPS) is 14.8. The van der Waals surface area contributed by atoms with Crippen molar-refractivity contribution < 1.29 is 17.9 Å². The van der Waals surface area contributed by atoms with Gasteiger partial charge in [0.2, 0.25) is 5.91 Å². The summed E-state index contributed by atoms with van der Waals surface area (Å²) >= 11 is 0. The summed E-state index contributed by atoms with van der Waals surface area (Å²) in [6, 6.07) is 13.8. The molecule has 0 aliphatic heterocycles. The minimum absolute atomic E-state index is 0.160. The van der Waals surface area contributed by atoms with Crippen molar-refractivity contribution in [2.24, 2.45) is 0 Å². The lowest BCUT2D eigenvalue weighted by atomic mass is 9.98. The van der Waals surface area contributed by atoms with Gasteiger partial charge in [-0.1, -0.05) is 43.5 Å². The first-order chi connectivity index (χ1) is 15.4. The van der Waals surface area contributed by atoms with Gasteiger partial charge < -0.3 is 10.1 Å². The first-order valence-corrected chi connectivity index (χ1v) is 12.8. The van der Waals surface area contributed by atoms with E-state index in [2.05, 4.69) is 5.32 Å². The van der Waals surface area contributed by atoms with Crippen molar-refractivity contribution in [3.8, 4) is 0 Å². The Hall–Kier alpha value is -2.38. The number of aryl methyl sites for hydroxylation is 2. The fourth-order valence-corrected chi connectivity index (χ4v) is 5.52. The molecule has 2 aromatic rings. The average Bonchev–Trinajstić information content (AvgIpc) is 2.78. The highest BCUT2D eigenvalue weighted by molar-refractivity contribution is 7.92. The number of sulfonamides is 1. The Morgan fingerprint density at radius 2 is 1.69 bits per heavy atom. The van der Waals surface area contributed by atoms with Crippen molar-refractivity contribution in [3.63, 3.8) is 0 Å². The van der Waals surface area contributed by atoms with Gasteiger partial charge in [0.05, 0.1) is 16.7 Å². The van der Waals surface area contributed by atoms with Crippen LogP contribution in [-0.4, -0.2) is 40.1 Å². The molecule has 1 fully saturated rings. The number of nitrogens with zero attached hydrogens (tertiary/aromatic N) is 1. The number of anilines is 1. The van der Waals surface area contributed by atoms with Crippen molar-refractivity contribution >= 4 is 21.6 Å². The molecule has 2 aromatic carbocycles. The third kappa shape index (κ3) is 6.81. The Labute approximate surface area is 192 Å². The minimum atomic E-state index is -3.88. The topological polar surface area (TPSA) is 75.7 Å². The zero-order chi connectivity index (χ0) is 23.0. The summed E-state index contributed by atoms with van der Waals surface area (Å²) in [5, 5.41) is 2.85. The van der Waals surface area contributed by atoms with E-state index in [0.717, 1.165) is 24.0 Å². The SMILES string of the molecule is Cc1cc(C)cc(N(CC(=O)NCCCOC2CCCCC2)S(=O)(=O)c2ccccc2)c1. The molecule has 0 saturated heterocycles. The molecule has 1 N–H and O–H groups in total. The van der Waals surface area contributed by atoms with E-state index in [1.54, 1.807) is 42.5 Å². The molecule has 7 heteroatoms. The monoisotopic (exact) mass is 458 g/mol. The first-order valence-electron chi connectivity index (χ1n) is 11.4. The molecule has 0 spiro atoms. The molecule has 1 aliphatic carbocycles. The molecule has 3 rings (SSSR count). The minimum Gasteiger partial charge on any atom is -0.378 e. The molecule has 6 nitrogen and oxygen atoms in total. The summed E-state index contributed by atoms with van der Waals surface area (Å²) in [4.78, 5) is 12.8. The summed E-state index contributed by atoms with van der Waals surface area (Å²) in [5.41, 5.74) is 2.36. The second kappa shape index (κ2) is 11.5. The van der Waals surface area contributed by atoms with Gasteiger partial charge >= 0.3 is 0 Å². The van der Waals surface area contributed by atoms with Crippen LogP contribution in [0.1, 0.15) is 49.7 Å². The standard InChI is InChI=1S/C25H34N2O4S/c1-20-16-21(2)18-22(17-20)27(32(29,30)24-12-7-4-8-13-24)19-25(28)26-14-9-15-31-23-10-5-3-6-11-23/h4,7-8,12-13,16-18,23H,3,5-6,9-11,14-15,19H2,1-2H3,(H,26,28). The lowest BCUT2D eigenvalue weighted by molar-refractivity contribution is -0.119. The molecule has 32 heavy (non-hydrogen) atoms. The summed E-state index contributed by atoms with van der Waals surface area (Å²) in [6.45, 7) is 4.61. The molecule has 0 heterocycles. The number of hydrogen-bond donors (Lipinski definition) is 1. The number of ether oxygens (including phenoxy) is 1. The van der Waals surface area contributed by atoms with Crippen molar-refractivity contribution in [2.75, 3.05) is 24.0 Å².